The molecule has 0 saturated heterocycles. The lowest BCUT2D eigenvalue weighted by Gasteiger charge is -2.22. The highest BCUT2D eigenvalue weighted by molar-refractivity contribution is 7.98. The number of thioether (sulfide) groups is 1. The molecule has 0 aromatic rings. The van der Waals surface area contributed by atoms with Crippen LogP contribution in [0.5, 0.6) is 0 Å². The molecule has 0 spiro atoms. The summed E-state index contributed by atoms with van der Waals surface area (Å²) in [7, 11) is -1.69. The van der Waals surface area contributed by atoms with Crippen molar-refractivity contribution in [2.24, 2.45) is 0 Å². The van der Waals surface area contributed by atoms with Crippen LogP contribution >= 0.6 is 11.8 Å². The normalized spacial score (nSPS) is 17.9. The molecule has 1 saturated carbocycles. The third kappa shape index (κ3) is 6.94. The van der Waals surface area contributed by atoms with Gasteiger partial charge < -0.3 is 5.32 Å². The van der Waals surface area contributed by atoms with E-state index in [1.165, 1.54) is 17.1 Å². The van der Waals surface area contributed by atoms with Crippen LogP contribution in [0, 0.1) is 0 Å². The molecule has 1 atom stereocenters. The van der Waals surface area contributed by atoms with Crippen molar-refractivity contribution < 1.29 is 8.42 Å². The molecule has 0 amide bonds. The molecule has 0 bridgehead atoms. The van der Waals surface area contributed by atoms with Gasteiger partial charge in [0.05, 0.1) is 0 Å². The molecular formula is C12H27N3O2S2. The molecule has 0 heterocycles. The molecule has 1 rings (SSSR count). The molecule has 2 N–H and O–H groups in total. The molecule has 5 nitrogen and oxygen atoms in total. The van der Waals surface area contributed by atoms with Crippen molar-refractivity contribution >= 4 is 22.0 Å². The van der Waals surface area contributed by atoms with Crippen LogP contribution in [0.15, 0.2) is 0 Å². The Labute approximate surface area is 122 Å². The first-order valence-corrected chi connectivity index (χ1v) is 9.79. The Morgan fingerprint density at radius 3 is 2.63 bits per heavy atom. The Kier molecular flexibility index (Phi) is 7.68. The van der Waals surface area contributed by atoms with Gasteiger partial charge in [-0.2, -0.15) is 29.2 Å². The van der Waals surface area contributed by atoms with Gasteiger partial charge in [0.15, 0.2) is 0 Å². The molecule has 0 aromatic heterocycles. The van der Waals surface area contributed by atoms with Gasteiger partial charge in [-0.05, 0) is 38.5 Å². The summed E-state index contributed by atoms with van der Waals surface area (Å²) < 4.78 is 28.4. The molecule has 7 heteroatoms. The van der Waals surface area contributed by atoms with Crippen LogP contribution in [0.1, 0.15) is 32.6 Å². The Morgan fingerprint density at radius 2 is 2.11 bits per heavy atom. The van der Waals surface area contributed by atoms with Crippen LogP contribution in [-0.4, -0.2) is 57.0 Å². The second-order valence-corrected chi connectivity index (χ2v) is 7.81. The summed E-state index contributed by atoms with van der Waals surface area (Å²) >= 11 is 1.66. The Balaban J connectivity index is 2.27. The van der Waals surface area contributed by atoms with Crippen LogP contribution in [-0.2, 0) is 10.2 Å². The first kappa shape index (κ1) is 17.2. The van der Waals surface area contributed by atoms with Gasteiger partial charge in [0, 0.05) is 31.4 Å². The predicted octanol–water partition coefficient (Wildman–Crippen LogP) is 1.04. The highest BCUT2D eigenvalue weighted by atomic mass is 32.2. The Bertz CT molecular complexity index is 345. The maximum atomic E-state index is 12.1. The Hall–Kier alpha value is 0.180. The van der Waals surface area contributed by atoms with Crippen molar-refractivity contribution in [1.29, 1.82) is 0 Å². The van der Waals surface area contributed by atoms with Crippen molar-refractivity contribution in [3.05, 3.63) is 0 Å². The van der Waals surface area contributed by atoms with E-state index in [-0.39, 0.29) is 6.04 Å². The zero-order valence-corrected chi connectivity index (χ0v) is 13.8. The first-order valence-electron chi connectivity index (χ1n) is 6.95. The topological polar surface area (TPSA) is 61.4 Å². The van der Waals surface area contributed by atoms with Crippen LogP contribution in [0.4, 0.5) is 0 Å². The third-order valence-electron chi connectivity index (χ3n) is 3.25. The van der Waals surface area contributed by atoms with Gasteiger partial charge in [-0.15, -0.1) is 0 Å². The fourth-order valence-electron chi connectivity index (χ4n) is 1.75. The average molecular weight is 310 g/mol. The summed E-state index contributed by atoms with van der Waals surface area (Å²) in [6.07, 6.45) is 6.19. The summed E-state index contributed by atoms with van der Waals surface area (Å²) in [6.45, 7) is 3.46. The molecule has 1 aliphatic rings. The molecule has 1 unspecified atom stereocenters. The van der Waals surface area contributed by atoms with Crippen LogP contribution in [0.25, 0.3) is 0 Å². The van der Waals surface area contributed by atoms with Crippen molar-refractivity contribution in [2.75, 3.05) is 32.1 Å². The molecule has 1 fully saturated rings. The van der Waals surface area contributed by atoms with Gasteiger partial charge in [0.25, 0.3) is 10.2 Å². The maximum Gasteiger partial charge on any atom is 0.279 e. The molecule has 114 valence electrons. The zero-order valence-electron chi connectivity index (χ0n) is 12.2. The average Bonchev–Trinajstić information content (AvgIpc) is 3.17. The molecule has 0 aliphatic heterocycles. The minimum Gasteiger partial charge on any atom is -0.314 e. The van der Waals surface area contributed by atoms with Crippen LogP contribution < -0.4 is 10.0 Å². The first-order chi connectivity index (χ1) is 8.99. The van der Waals surface area contributed by atoms with Crippen molar-refractivity contribution in [3.8, 4) is 0 Å². The van der Waals surface area contributed by atoms with E-state index in [2.05, 4.69) is 10.0 Å². The summed E-state index contributed by atoms with van der Waals surface area (Å²) in [4.78, 5) is 0. The van der Waals surface area contributed by atoms with Crippen LogP contribution in [0.3, 0.4) is 0 Å². The second-order valence-electron chi connectivity index (χ2n) is 5.09. The molecule has 0 radical (unpaired) electrons. The van der Waals surface area contributed by atoms with Gasteiger partial charge in [-0.1, -0.05) is 6.92 Å². The molecular weight excluding hydrogens is 282 g/mol. The number of hydrogen-bond donors (Lipinski definition) is 2. The second kappa shape index (κ2) is 8.46. The van der Waals surface area contributed by atoms with Crippen LogP contribution in [0.2, 0.25) is 0 Å². The number of rotatable bonds is 11. The van der Waals surface area contributed by atoms with Gasteiger partial charge >= 0.3 is 0 Å². The lowest BCUT2D eigenvalue weighted by atomic mass is 10.3. The summed E-state index contributed by atoms with van der Waals surface area (Å²) in [5.74, 6) is 0.812. The molecule has 0 aromatic carbocycles. The lowest BCUT2D eigenvalue weighted by Crippen LogP contribution is -2.45. The van der Waals surface area contributed by atoms with E-state index in [9.17, 15) is 8.42 Å². The van der Waals surface area contributed by atoms with E-state index in [4.69, 9.17) is 0 Å². The monoisotopic (exact) mass is 309 g/mol. The van der Waals surface area contributed by atoms with E-state index in [0.29, 0.717) is 12.6 Å². The van der Waals surface area contributed by atoms with Crippen molar-refractivity contribution in [3.63, 3.8) is 0 Å². The fraction of sp³-hybridized carbons (Fsp3) is 1.00. The zero-order chi connectivity index (χ0) is 14.3. The molecule has 19 heavy (non-hydrogen) atoms. The minimum absolute atomic E-state index is 0.0204. The van der Waals surface area contributed by atoms with E-state index in [1.807, 2.05) is 13.2 Å². The van der Waals surface area contributed by atoms with Gasteiger partial charge in [-0.3, -0.25) is 0 Å². The van der Waals surface area contributed by atoms with E-state index in [1.54, 1.807) is 18.8 Å². The number of nitrogens with one attached hydrogen (secondary N) is 2. The van der Waals surface area contributed by atoms with E-state index < -0.39 is 10.2 Å². The lowest BCUT2D eigenvalue weighted by molar-refractivity contribution is 0.436. The van der Waals surface area contributed by atoms with Crippen molar-refractivity contribution in [1.82, 2.24) is 14.3 Å². The largest absolute Gasteiger partial charge is 0.314 e. The predicted molar refractivity (Wildman–Crippen MR) is 82.8 cm³/mol. The highest BCUT2D eigenvalue weighted by Crippen LogP contribution is 2.18. The molecule has 1 aliphatic carbocycles. The fourth-order valence-corrected chi connectivity index (χ4v) is 3.80. The standard InChI is InChI=1S/C12H27N3O2S2/c1-4-11(10-18-3)14-19(16,17)15(2)9-5-8-13-12-6-7-12/h11-14H,4-10H2,1-3H3. The quantitative estimate of drug-likeness (QED) is 0.560. The third-order valence-corrected chi connectivity index (χ3v) is 5.62. The minimum atomic E-state index is -3.34. The summed E-state index contributed by atoms with van der Waals surface area (Å²) in [5, 5.41) is 3.39. The van der Waals surface area contributed by atoms with E-state index in [0.717, 1.165) is 25.1 Å². The highest BCUT2D eigenvalue weighted by Gasteiger charge is 2.22. The Morgan fingerprint density at radius 1 is 1.42 bits per heavy atom. The smallest absolute Gasteiger partial charge is 0.279 e. The van der Waals surface area contributed by atoms with E-state index >= 15 is 0 Å². The maximum absolute atomic E-state index is 12.1. The van der Waals surface area contributed by atoms with Crippen molar-refractivity contribution in [2.45, 2.75) is 44.7 Å². The SMILES string of the molecule is CCC(CSC)NS(=O)(=O)N(C)CCCNC1CC1. The van der Waals surface area contributed by atoms with Gasteiger partial charge in [-0.25, -0.2) is 0 Å². The number of nitrogens with zero attached hydrogens (tertiary/aromatic N) is 1. The summed E-state index contributed by atoms with van der Waals surface area (Å²) in [5.41, 5.74) is 0. The van der Waals surface area contributed by atoms with Gasteiger partial charge in [0.1, 0.15) is 0 Å². The summed E-state index contributed by atoms with van der Waals surface area (Å²) in [6, 6.07) is 0.707. The number of hydrogen-bond acceptors (Lipinski definition) is 4. The van der Waals surface area contributed by atoms with Gasteiger partial charge in [0.2, 0.25) is 0 Å².